The summed E-state index contributed by atoms with van der Waals surface area (Å²) in [5, 5.41) is 8.85. The van der Waals surface area contributed by atoms with E-state index in [1.54, 1.807) is 19.2 Å². The van der Waals surface area contributed by atoms with Crippen LogP contribution >= 0.6 is 0 Å². The van der Waals surface area contributed by atoms with Gasteiger partial charge in [0.15, 0.2) is 0 Å². The number of carbonyl (C=O) groups is 1. The lowest BCUT2D eigenvalue weighted by molar-refractivity contribution is -0.116. The molecule has 0 N–H and O–H groups in total. The second-order valence-electron chi connectivity index (χ2n) is 3.61. The Morgan fingerprint density at radius 3 is 2.78 bits per heavy atom. The highest BCUT2D eigenvalue weighted by atomic mass is 16.5. The summed E-state index contributed by atoms with van der Waals surface area (Å²) in [6.45, 7) is 7.48. The molecule has 0 bridgehead atoms. The van der Waals surface area contributed by atoms with Gasteiger partial charge in [-0.05, 0) is 19.1 Å². The molecule has 0 aliphatic heterocycles. The summed E-state index contributed by atoms with van der Waals surface area (Å²) < 4.78 is 5.29. The van der Waals surface area contributed by atoms with Crippen molar-refractivity contribution in [1.29, 1.82) is 5.26 Å². The fraction of sp³-hybridized carbons (Fsp3) is 0.308. The maximum atomic E-state index is 11.4. The average molecular weight is 245 g/mol. The number of nitriles is 1. The lowest BCUT2D eigenvalue weighted by Crippen LogP contribution is -2.24. The third-order valence-electron chi connectivity index (χ3n) is 2.40. The van der Waals surface area contributed by atoms with Gasteiger partial charge in [0, 0.05) is 14.0 Å². The Balaban J connectivity index is 3.29. The zero-order valence-corrected chi connectivity index (χ0v) is 10.7. The first-order valence-electron chi connectivity index (χ1n) is 5.48. The molecule has 0 radical (unpaired) electrons. The molecule has 1 rings (SSSR count). The van der Waals surface area contributed by atoms with E-state index < -0.39 is 0 Å². The van der Waals surface area contributed by atoms with Crippen LogP contribution in [0.5, 0.6) is 0 Å². The Hall–Kier alpha value is -2.35. The second-order valence-corrected chi connectivity index (χ2v) is 3.61. The van der Waals surface area contributed by atoms with Crippen molar-refractivity contribution in [3.05, 3.63) is 30.1 Å². The molecule has 5 nitrogen and oxygen atoms in total. The maximum Gasteiger partial charge on any atom is 0.223 e. The molecule has 0 aliphatic carbocycles. The van der Waals surface area contributed by atoms with Gasteiger partial charge >= 0.3 is 0 Å². The van der Waals surface area contributed by atoms with Crippen LogP contribution in [-0.2, 0) is 9.53 Å². The van der Waals surface area contributed by atoms with Gasteiger partial charge in [-0.25, -0.2) is 4.98 Å². The van der Waals surface area contributed by atoms with Gasteiger partial charge in [-0.3, -0.25) is 4.79 Å². The van der Waals surface area contributed by atoms with E-state index >= 15 is 0 Å². The standard InChI is InChI=1S/C13H15N3O2/c1-5-18-9(2)13-12(16(4)10(3)17)7-6-11(8-14)15-13/h6-7H,2,5H2,1,3-4H3. The number of carbonyl (C=O) groups excluding carboxylic acids is 1. The normalized spacial score (nSPS) is 9.44. The van der Waals surface area contributed by atoms with Gasteiger partial charge in [0.2, 0.25) is 5.91 Å². The van der Waals surface area contributed by atoms with Gasteiger partial charge < -0.3 is 9.64 Å². The molecule has 0 unspecified atom stereocenters. The van der Waals surface area contributed by atoms with Gasteiger partial charge in [-0.15, -0.1) is 0 Å². The van der Waals surface area contributed by atoms with Crippen molar-refractivity contribution >= 4 is 17.4 Å². The minimum Gasteiger partial charge on any atom is -0.492 e. The smallest absolute Gasteiger partial charge is 0.223 e. The molecule has 1 aromatic heterocycles. The highest BCUT2D eigenvalue weighted by Crippen LogP contribution is 2.25. The largest absolute Gasteiger partial charge is 0.492 e. The molecule has 0 saturated carbocycles. The van der Waals surface area contributed by atoms with Crippen LogP contribution in [-0.4, -0.2) is 24.5 Å². The topological polar surface area (TPSA) is 66.2 Å². The van der Waals surface area contributed by atoms with Crippen LogP contribution in [0.15, 0.2) is 18.7 Å². The molecule has 0 fully saturated rings. The van der Waals surface area contributed by atoms with Crippen LogP contribution < -0.4 is 4.90 Å². The Morgan fingerprint density at radius 2 is 2.28 bits per heavy atom. The van der Waals surface area contributed by atoms with E-state index in [0.29, 0.717) is 23.7 Å². The molecule has 18 heavy (non-hydrogen) atoms. The first-order valence-corrected chi connectivity index (χ1v) is 5.48. The molecular weight excluding hydrogens is 230 g/mol. The van der Waals surface area contributed by atoms with Crippen molar-refractivity contribution in [3.8, 4) is 6.07 Å². The van der Waals surface area contributed by atoms with Crippen LogP contribution in [0.2, 0.25) is 0 Å². The van der Waals surface area contributed by atoms with Crippen molar-refractivity contribution < 1.29 is 9.53 Å². The third-order valence-corrected chi connectivity index (χ3v) is 2.40. The molecule has 0 spiro atoms. The number of ether oxygens (including phenoxy) is 1. The highest BCUT2D eigenvalue weighted by Gasteiger charge is 2.16. The lowest BCUT2D eigenvalue weighted by Gasteiger charge is -2.19. The van der Waals surface area contributed by atoms with Gasteiger partial charge in [0.25, 0.3) is 0 Å². The van der Waals surface area contributed by atoms with E-state index in [4.69, 9.17) is 10.00 Å². The van der Waals surface area contributed by atoms with Crippen molar-refractivity contribution in [2.24, 2.45) is 0 Å². The van der Waals surface area contributed by atoms with Gasteiger partial charge in [0.1, 0.15) is 23.2 Å². The van der Waals surface area contributed by atoms with Gasteiger partial charge in [0.05, 0.1) is 12.3 Å². The minimum atomic E-state index is -0.132. The van der Waals surface area contributed by atoms with Crippen LogP contribution in [0.4, 0.5) is 5.69 Å². The minimum absolute atomic E-state index is 0.132. The number of nitrogens with zero attached hydrogens (tertiary/aromatic N) is 3. The van der Waals surface area contributed by atoms with Crippen molar-refractivity contribution in [1.82, 2.24) is 4.98 Å². The van der Waals surface area contributed by atoms with Gasteiger partial charge in [-0.1, -0.05) is 6.58 Å². The summed E-state index contributed by atoms with van der Waals surface area (Å²) in [4.78, 5) is 17.0. The Bertz CT molecular complexity index is 517. The Labute approximate surface area is 106 Å². The monoisotopic (exact) mass is 245 g/mol. The van der Waals surface area contributed by atoms with E-state index in [1.807, 2.05) is 13.0 Å². The number of pyridine rings is 1. The molecule has 0 saturated heterocycles. The predicted octanol–water partition coefficient (Wildman–Crippen LogP) is 1.94. The number of hydrogen-bond donors (Lipinski definition) is 0. The molecular formula is C13H15N3O2. The fourth-order valence-electron chi connectivity index (χ4n) is 1.40. The zero-order chi connectivity index (χ0) is 13.7. The fourth-order valence-corrected chi connectivity index (χ4v) is 1.40. The van der Waals surface area contributed by atoms with E-state index in [1.165, 1.54) is 11.8 Å². The van der Waals surface area contributed by atoms with E-state index in [0.717, 1.165) is 0 Å². The van der Waals surface area contributed by atoms with Crippen LogP contribution in [0.3, 0.4) is 0 Å². The van der Waals surface area contributed by atoms with E-state index in [-0.39, 0.29) is 11.6 Å². The maximum absolute atomic E-state index is 11.4. The van der Waals surface area contributed by atoms with Gasteiger partial charge in [-0.2, -0.15) is 5.26 Å². The quantitative estimate of drug-likeness (QED) is 0.760. The van der Waals surface area contributed by atoms with Crippen molar-refractivity contribution in [2.45, 2.75) is 13.8 Å². The SMILES string of the molecule is C=C(OCC)c1nc(C#N)ccc1N(C)C(C)=O. The second kappa shape index (κ2) is 5.82. The molecule has 5 heteroatoms. The molecule has 94 valence electrons. The highest BCUT2D eigenvalue weighted by molar-refractivity contribution is 5.93. The van der Waals surface area contributed by atoms with E-state index in [2.05, 4.69) is 11.6 Å². The summed E-state index contributed by atoms with van der Waals surface area (Å²) in [6, 6.07) is 5.16. The first-order chi connectivity index (χ1) is 8.51. The summed E-state index contributed by atoms with van der Waals surface area (Å²) in [5.74, 6) is 0.213. The lowest BCUT2D eigenvalue weighted by atomic mass is 10.2. The summed E-state index contributed by atoms with van der Waals surface area (Å²) in [7, 11) is 1.63. The number of aromatic nitrogens is 1. The first kappa shape index (κ1) is 13.7. The predicted molar refractivity (Wildman–Crippen MR) is 68.7 cm³/mol. The number of rotatable bonds is 4. The molecule has 1 aromatic rings. The molecule has 0 aromatic carbocycles. The molecule has 0 atom stereocenters. The Kier molecular flexibility index (Phi) is 4.44. The summed E-state index contributed by atoms with van der Waals surface area (Å²) in [6.07, 6.45) is 0. The van der Waals surface area contributed by atoms with Crippen molar-refractivity contribution in [3.63, 3.8) is 0 Å². The van der Waals surface area contributed by atoms with Crippen molar-refractivity contribution in [2.75, 3.05) is 18.6 Å². The molecule has 0 aliphatic rings. The third kappa shape index (κ3) is 2.86. The average Bonchev–Trinajstić information content (AvgIpc) is 2.37. The van der Waals surface area contributed by atoms with Crippen LogP contribution in [0.25, 0.3) is 5.76 Å². The number of hydrogen-bond acceptors (Lipinski definition) is 4. The molecule has 1 heterocycles. The Morgan fingerprint density at radius 1 is 1.61 bits per heavy atom. The van der Waals surface area contributed by atoms with Crippen LogP contribution in [0.1, 0.15) is 25.2 Å². The molecule has 1 amide bonds. The summed E-state index contributed by atoms with van der Waals surface area (Å²) in [5.41, 5.74) is 1.24. The van der Waals surface area contributed by atoms with Crippen LogP contribution in [0, 0.1) is 11.3 Å². The summed E-state index contributed by atoms with van der Waals surface area (Å²) >= 11 is 0. The van der Waals surface area contributed by atoms with E-state index in [9.17, 15) is 4.79 Å². The number of anilines is 1. The zero-order valence-electron chi connectivity index (χ0n) is 10.7. The number of amides is 1.